The second-order valence-electron chi connectivity index (χ2n) is 7.61. The highest BCUT2D eigenvalue weighted by molar-refractivity contribution is 5.86. The Balaban J connectivity index is 1.42. The second kappa shape index (κ2) is 8.42. The molecule has 30 heavy (non-hydrogen) atoms. The number of aromatic nitrogens is 1. The van der Waals surface area contributed by atoms with Gasteiger partial charge in [0.05, 0.1) is 13.7 Å². The zero-order chi connectivity index (χ0) is 21.3. The SMILES string of the molecule is COc1ccc2c(OCC3CCN(c4c(F)cc(C)cc4F)CC3)ccc(F)c2n1. The third-order valence-electron chi connectivity index (χ3n) is 5.52. The fourth-order valence-electron chi connectivity index (χ4n) is 3.90. The van der Waals surface area contributed by atoms with Crippen LogP contribution in [0.25, 0.3) is 10.9 Å². The minimum absolute atomic E-state index is 0.0459. The fourth-order valence-corrected chi connectivity index (χ4v) is 3.90. The van der Waals surface area contributed by atoms with Crippen LogP contribution in [0.2, 0.25) is 0 Å². The molecular formula is C23H23F3N2O2. The molecule has 7 heteroatoms. The molecule has 0 radical (unpaired) electrons. The first-order valence-corrected chi connectivity index (χ1v) is 9.93. The molecule has 0 N–H and O–H groups in total. The van der Waals surface area contributed by atoms with E-state index in [1.165, 1.54) is 25.3 Å². The number of piperidine rings is 1. The van der Waals surface area contributed by atoms with E-state index in [1.54, 1.807) is 30.0 Å². The van der Waals surface area contributed by atoms with Crippen LogP contribution in [0, 0.1) is 30.3 Å². The molecule has 1 fully saturated rings. The summed E-state index contributed by atoms with van der Waals surface area (Å²) >= 11 is 0. The molecule has 0 bridgehead atoms. The number of halogens is 3. The Bertz CT molecular complexity index is 1040. The molecule has 1 aromatic heterocycles. The number of benzene rings is 2. The van der Waals surface area contributed by atoms with Crippen LogP contribution in [0.5, 0.6) is 11.6 Å². The predicted molar refractivity (Wildman–Crippen MR) is 110 cm³/mol. The molecule has 0 aliphatic carbocycles. The van der Waals surface area contributed by atoms with Crippen molar-refractivity contribution >= 4 is 16.6 Å². The van der Waals surface area contributed by atoms with Crippen LogP contribution in [0.15, 0.2) is 36.4 Å². The molecule has 0 unspecified atom stereocenters. The summed E-state index contributed by atoms with van der Waals surface area (Å²) in [6.45, 7) is 3.21. The van der Waals surface area contributed by atoms with E-state index in [-0.39, 0.29) is 17.1 Å². The monoisotopic (exact) mass is 416 g/mol. The zero-order valence-electron chi connectivity index (χ0n) is 16.9. The van der Waals surface area contributed by atoms with E-state index < -0.39 is 17.5 Å². The Morgan fingerprint density at radius 2 is 1.70 bits per heavy atom. The van der Waals surface area contributed by atoms with Gasteiger partial charge in [-0.25, -0.2) is 18.2 Å². The Morgan fingerprint density at radius 1 is 1.00 bits per heavy atom. The normalized spacial score (nSPS) is 14.9. The molecule has 2 aromatic carbocycles. The number of anilines is 1. The average molecular weight is 416 g/mol. The highest BCUT2D eigenvalue weighted by Crippen LogP contribution is 2.32. The highest BCUT2D eigenvalue weighted by atomic mass is 19.1. The molecular weight excluding hydrogens is 393 g/mol. The topological polar surface area (TPSA) is 34.6 Å². The smallest absolute Gasteiger partial charge is 0.213 e. The summed E-state index contributed by atoms with van der Waals surface area (Å²) in [6, 6.07) is 9.03. The fraction of sp³-hybridized carbons (Fsp3) is 0.348. The Morgan fingerprint density at radius 3 is 2.37 bits per heavy atom. The lowest BCUT2D eigenvalue weighted by molar-refractivity contribution is 0.224. The summed E-state index contributed by atoms with van der Waals surface area (Å²) in [5.41, 5.74) is 0.812. The van der Waals surface area contributed by atoms with Crippen LogP contribution in [0.1, 0.15) is 18.4 Å². The number of ether oxygens (including phenoxy) is 2. The van der Waals surface area contributed by atoms with Crippen molar-refractivity contribution in [1.29, 1.82) is 0 Å². The molecule has 4 nitrogen and oxygen atoms in total. The van der Waals surface area contributed by atoms with Crippen LogP contribution < -0.4 is 14.4 Å². The summed E-state index contributed by atoms with van der Waals surface area (Å²) in [7, 11) is 1.48. The van der Waals surface area contributed by atoms with Gasteiger partial charge in [0.25, 0.3) is 0 Å². The summed E-state index contributed by atoms with van der Waals surface area (Å²) in [5, 5.41) is 0.581. The van der Waals surface area contributed by atoms with Crippen molar-refractivity contribution in [3.05, 3.63) is 59.4 Å². The van der Waals surface area contributed by atoms with Gasteiger partial charge in [0.2, 0.25) is 5.88 Å². The van der Waals surface area contributed by atoms with Gasteiger partial charge in [-0.15, -0.1) is 0 Å². The molecule has 0 amide bonds. The van der Waals surface area contributed by atoms with Crippen LogP contribution in [-0.2, 0) is 0 Å². The van der Waals surface area contributed by atoms with Crippen LogP contribution in [0.4, 0.5) is 18.9 Å². The summed E-state index contributed by atoms with van der Waals surface area (Å²) in [4.78, 5) is 5.91. The van der Waals surface area contributed by atoms with Crippen molar-refractivity contribution in [2.75, 3.05) is 31.7 Å². The minimum atomic E-state index is -0.525. The van der Waals surface area contributed by atoms with Gasteiger partial charge < -0.3 is 14.4 Å². The Labute approximate surface area is 173 Å². The average Bonchev–Trinajstić information content (AvgIpc) is 2.73. The van der Waals surface area contributed by atoms with Gasteiger partial charge in [-0.05, 0) is 61.6 Å². The molecule has 4 rings (SSSR count). The van der Waals surface area contributed by atoms with Crippen molar-refractivity contribution < 1.29 is 22.6 Å². The lowest BCUT2D eigenvalue weighted by atomic mass is 9.97. The second-order valence-corrected chi connectivity index (χ2v) is 7.61. The van der Waals surface area contributed by atoms with E-state index in [0.29, 0.717) is 42.3 Å². The number of methoxy groups -OCH3 is 1. The molecule has 0 spiro atoms. The first kappa shape index (κ1) is 20.3. The van der Waals surface area contributed by atoms with E-state index in [4.69, 9.17) is 9.47 Å². The lowest BCUT2D eigenvalue weighted by Crippen LogP contribution is -2.36. The van der Waals surface area contributed by atoms with Gasteiger partial charge in [0, 0.05) is 24.5 Å². The van der Waals surface area contributed by atoms with Gasteiger partial charge in [0.1, 0.15) is 34.4 Å². The number of nitrogens with zero attached hydrogens (tertiary/aromatic N) is 2. The quantitative estimate of drug-likeness (QED) is 0.568. The number of pyridine rings is 1. The van der Waals surface area contributed by atoms with Crippen molar-refractivity contribution in [2.45, 2.75) is 19.8 Å². The van der Waals surface area contributed by atoms with Crippen LogP contribution >= 0.6 is 0 Å². The largest absolute Gasteiger partial charge is 0.493 e. The number of fused-ring (bicyclic) bond motifs is 1. The number of hydrogen-bond donors (Lipinski definition) is 0. The standard InChI is InChI=1S/C23H23F3N2O2/c1-14-11-18(25)23(19(26)12-14)28-9-7-15(8-10-28)13-30-20-5-4-17(24)22-16(20)3-6-21(27-22)29-2/h3-6,11-12,15H,7-10,13H2,1-2H3. The van der Waals surface area contributed by atoms with Gasteiger partial charge in [0.15, 0.2) is 0 Å². The molecule has 158 valence electrons. The first-order valence-electron chi connectivity index (χ1n) is 9.93. The van der Waals surface area contributed by atoms with Gasteiger partial charge >= 0.3 is 0 Å². The van der Waals surface area contributed by atoms with Crippen LogP contribution in [0.3, 0.4) is 0 Å². The molecule has 0 atom stereocenters. The summed E-state index contributed by atoms with van der Waals surface area (Å²) in [6.07, 6.45) is 1.50. The van der Waals surface area contributed by atoms with Crippen molar-refractivity contribution in [1.82, 2.24) is 4.98 Å². The molecule has 2 heterocycles. The Hall–Kier alpha value is -2.96. The van der Waals surface area contributed by atoms with Crippen molar-refractivity contribution in [3.63, 3.8) is 0 Å². The molecule has 1 saturated heterocycles. The van der Waals surface area contributed by atoms with Crippen molar-refractivity contribution in [2.24, 2.45) is 5.92 Å². The predicted octanol–water partition coefficient (Wildman–Crippen LogP) is 5.26. The molecule has 1 aliphatic heterocycles. The maximum absolute atomic E-state index is 14.2. The third-order valence-corrected chi connectivity index (χ3v) is 5.52. The highest BCUT2D eigenvalue weighted by Gasteiger charge is 2.24. The van der Waals surface area contributed by atoms with Gasteiger partial charge in [-0.1, -0.05) is 0 Å². The van der Waals surface area contributed by atoms with Gasteiger partial charge in [-0.3, -0.25) is 0 Å². The summed E-state index contributed by atoms with van der Waals surface area (Å²) < 4.78 is 53.7. The Kier molecular flexibility index (Phi) is 5.70. The van der Waals surface area contributed by atoms with E-state index in [2.05, 4.69) is 4.98 Å². The number of hydrogen-bond acceptors (Lipinski definition) is 4. The maximum atomic E-state index is 14.2. The van der Waals surface area contributed by atoms with Gasteiger partial charge in [-0.2, -0.15) is 0 Å². The molecule has 1 aliphatic rings. The van der Waals surface area contributed by atoms with Crippen LogP contribution in [-0.4, -0.2) is 31.8 Å². The number of aryl methyl sites for hydroxylation is 1. The third kappa shape index (κ3) is 4.01. The van der Waals surface area contributed by atoms with E-state index in [1.807, 2.05) is 0 Å². The van der Waals surface area contributed by atoms with E-state index >= 15 is 0 Å². The summed E-state index contributed by atoms with van der Waals surface area (Å²) in [5.74, 6) is -0.359. The van der Waals surface area contributed by atoms with Crippen molar-refractivity contribution in [3.8, 4) is 11.6 Å². The lowest BCUT2D eigenvalue weighted by Gasteiger charge is -2.34. The maximum Gasteiger partial charge on any atom is 0.213 e. The zero-order valence-corrected chi connectivity index (χ0v) is 16.9. The minimum Gasteiger partial charge on any atom is -0.493 e. The molecule has 0 saturated carbocycles. The first-order chi connectivity index (χ1) is 14.5. The van der Waals surface area contributed by atoms with E-state index in [9.17, 15) is 13.2 Å². The molecule has 3 aromatic rings. The van der Waals surface area contributed by atoms with E-state index in [0.717, 1.165) is 12.8 Å². The number of rotatable bonds is 5.